The Morgan fingerprint density at radius 3 is 2.42 bits per heavy atom. The van der Waals surface area contributed by atoms with Gasteiger partial charge in [-0.25, -0.2) is 0 Å². The van der Waals surface area contributed by atoms with Crippen molar-refractivity contribution in [2.75, 3.05) is 20.1 Å². The van der Waals surface area contributed by atoms with Gasteiger partial charge < -0.3 is 30.0 Å². The number of phenolic OH excluding ortho intramolecular Hbond substituents is 1. The van der Waals surface area contributed by atoms with Gasteiger partial charge in [0.1, 0.15) is 23.2 Å². The van der Waals surface area contributed by atoms with E-state index in [4.69, 9.17) is 37.0 Å². The Morgan fingerprint density at radius 1 is 0.975 bits per heavy atom. The van der Waals surface area contributed by atoms with Gasteiger partial charge in [-0.3, -0.25) is 10.4 Å². The van der Waals surface area contributed by atoms with Crippen LogP contribution in [0.2, 0.25) is 5.02 Å². The summed E-state index contributed by atoms with van der Waals surface area (Å²) in [6, 6.07) is 16.6. The maximum Gasteiger partial charge on any atom is 0.263 e. The van der Waals surface area contributed by atoms with E-state index in [1.165, 1.54) is 30.3 Å². The molecule has 0 fully saturated rings. The van der Waals surface area contributed by atoms with Gasteiger partial charge in [0, 0.05) is 24.7 Å². The molecule has 0 amide bonds. The average molecular weight is 566 g/mol. The molecule has 1 aliphatic rings. The van der Waals surface area contributed by atoms with Gasteiger partial charge in [0.05, 0.1) is 11.6 Å². The van der Waals surface area contributed by atoms with Crippen molar-refractivity contribution >= 4 is 23.3 Å². The summed E-state index contributed by atoms with van der Waals surface area (Å²) >= 11 is 6.15. The topological polar surface area (TPSA) is 126 Å². The van der Waals surface area contributed by atoms with Crippen LogP contribution in [0, 0.1) is 17.0 Å². The molecule has 1 aromatic heterocycles. The smallest absolute Gasteiger partial charge is 0.263 e. The van der Waals surface area contributed by atoms with Crippen LogP contribution in [0.3, 0.4) is 0 Å². The number of phenols is 1. The second kappa shape index (κ2) is 11.1. The van der Waals surface area contributed by atoms with E-state index in [2.05, 4.69) is 9.98 Å². The standard InChI is InChI=1S/C28H22ClF2N5O4/c1-36-12-11-34-26(36)16-5-4-6-17(13-16)38-27-22(30)24(39-20-8-3-2-7-18(20)29)23(31)28(35-27)40-21-14-15(25(32)33)9-10-19(21)37/h2-10,13-14,37H,11-12H2,1H3,(H3,32,33). The molecule has 4 aromatic rings. The summed E-state index contributed by atoms with van der Waals surface area (Å²) in [4.78, 5) is 10.3. The third-order valence-electron chi connectivity index (χ3n) is 5.87. The molecular formula is C28H22ClF2N5O4. The largest absolute Gasteiger partial charge is 0.504 e. The Morgan fingerprint density at radius 2 is 1.73 bits per heavy atom. The Kier molecular flexibility index (Phi) is 7.39. The predicted octanol–water partition coefficient (Wildman–Crippen LogP) is 6.07. The molecule has 4 N–H and O–H groups in total. The van der Waals surface area contributed by atoms with Gasteiger partial charge in [-0.05, 0) is 42.5 Å². The first-order valence-electron chi connectivity index (χ1n) is 11.9. The van der Waals surface area contributed by atoms with E-state index in [9.17, 15) is 5.11 Å². The number of aromatic nitrogens is 1. The molecule has 0 saturated carbocycles. The lowest BCUT2D eigenvalue weighted by molar-refractivity contribution is 0.331. The number of halogens is 3. The Balaban J connectivity index is 1.58. The number of nitrogen functional groups attached to an aromatic ring is 1. The molecule has 12 heteroatoms. The van der Waals surface area contributed by atoms with Gasteiger partial charge in [0.15, 0.2) is 11.5 Å². The lowest BCUT2D eigenvalue weighted by atomic mass is 10.2. The number of hydrogen-bond donors (Lipinski definition) is 3. The van der Waals surface area contributed by atoms with Gasteiger partial charge in [-0.2, -0.15) is 13.8 Å². The molecule has 40 heavy (non-hydrogen) atoms. The van der Waals surface area contributed by atoms with Gasteiger partial charge >= 0.3 is 0 Å². The molecular weight excluding hydrogens is 544 g/mol. The summed E-state index contributed by atoms with van der Waals surface area (Å²) in [7, 11) is 1.90. The summed E-state index contributed by atoms with van der Waals surface area (Å²) in [6.07, 6.45) is 0. The number of amidine groups is 2. The number of aromatic hydroxyl groups is 1. The number of rotatable bonds is 8. The van der Waals surface area contributed by atoms with Gasteiger partial charge in [-0.15, -0.1) is 0 Å². The third kappa shape index (κ3) is 5.45. The average Bonchev–Trinajstić information content (AvgIpc) is 3.37. The lowest BCUT2D eigenvalue weighted by Crippen LogP contribution is -2.23. The maximum absolute atomic E-state index is 15.7. The van der Waals surface area contributed by atoms with Crippen LogP contribution in [0.25, 0.3) is 0 Å². The molecule has 204 valence electrons. The van der Waals surface area contributed by atoms with Crippen molar-refractivity contribution in [3.8, 4) is 40.5 Å². The molecule has 9 nitrogen and oxygen atoms in total. The molecule has 0 unspecified atom stereocenters. The van der Waals surface area contributed by atoms with E-state index in [0.29, 0.717) is 6.54 Å². The first-order valence-corrected chi connectivity index (χ1v) is 12.3. The third-order valence-corrected chi connectivity index (χ3v) is 6.18. The normalized spacial score (nSPS) is 12.7. The fourth-order valence-electron chi connectivity index (χ4n) is 3.87. The second-order valence-corrected chi connectivity index (χ2v) is 9.07. The highest BCUT2D eigenvalue weighted by atomic mass is 35.5. The Labute approximate surface area is 232 Å². The van der Waals surface area contributed by atoms with E-state index >= 15 is 8.78 Å². The van der Waals surface area contributed by atoms with Crippen LogP contribution >= 0.6 is 11.6 Å². The molecule has 0 spiro atoms. The number of ether oxygens (including phenoxy) is 3. The highest BCUT2D eigenvalue weighted by Crippen LogP contribution is 2.42. The SMILES string of the molecule is CN1CCN=C1c1cccc(Oc2nc(Oc3cc(C(=N)N)ccc3O)c(F)c(Oc3ccccc3Cl)c2F)c1. The maximum atomic E-state index is 15.7. The summed E-state index contributed by atoms with van der Waals surface area (Å²) < 4.78 is 48.1. The molecule has 0 radical (unpaired) electrons. The predicted molar refractivity (Wildman–Crippen MR) is 145 cm³/mol. The zero-order chi connectivity index (χ0) is 28.4. The van der Waals surface area contributed by atoms with E-state index in [1.807, 2.05) is 18.0 Å². The second-order valence-electron chi connectivity index (χ2n) is 8.67. The summed E-state index contributed by atoms with van der Waals surface area (Å²) in [5.41, 5.74) is 6.44. The van der Waals surface area contributed by atoms with Crippen molar-refractivity contribution in [2.45, 2.75) is 0 Å². The number of likely N-dealkylation sites (N-methyl/N-ethyl adjacent to an activating group) is 1. The van der Waals surface area contributed by atoms with Gasteiger partial charge in [0.25, 0.3) is 11.8 Å². The lowest BCUT2D eigenvalue weighted by Gasteiger charge is -2.17. The first-order chi connectivity index (χ1) is 19.2. The summed E-state index contributed by atoms with van der Waals surface area (Å²) in [5.74, 6) is -5.03. The molecule has 3 aromatic carbocycles. The molecule has 1 aliphatic heterocycles. The molecule has 0 saturated heterocycles. The van der Waals surface area contributed by atoms with Crippen LogP contribution in [0.15, 0.2) is 71.7 Å². The van der Waals surface area contributed by atoms with Crippen LogP contribution in [0.4, 0.5) is 8.78 Å². The number of nitrogens with zero attached hydrogens (tertiary/aromatic N) is 3. The van der Waals surface area contributed by atoms with Crippen LogP contribution in [0.1, 0.15) is 11.1 Å². The van der Waals surface area contributed by atoms with Crippen LogP contribution in [0.5, 0.6) is 40.5 Å². The molecule has 5 rings (SSSR count). The van der Waals surface area contributed by atoms with E-state index in [1.54, 1.807) is 30.3 Å². The quantitative estimate of drug-likeness (QED) is 0.175. The molecule has 2 heterocycles. The van der Waals surface area contributed by atoms with Crippen molar-refractivity contribution in [3.05, 3.63) is 94.5 Å². The van der Waals surface area contributed by atoms with Gasteiger partial charge in [-0.1, -0.05) is 35.9 Å². The number of benzene rings is 3. The monoisotopic (exact) mass is 565 g/mol. The Bertz CT molecular complexity index is 1650. The Hall–Kier alpha value is -4.90. The number of nitrogens with one attached hydrogen (secondary N) is 1. The molecule has 0 atom stereocenters. The van der Waals surface area contributed by atoms with E-state index < -0.39 is 34.9 Å². The minimum absolute atomic E-state index is 0.0317. The van der Waals surface area contributed by atoms with Crippen molar-refractivity contribution in [2.24, 2.45) is 10.7 Å². The number of para-hydroxylation sites is 1. The van der Waals surface area contributed by atoms with Crippen molar-refractivity contribution in [1.29, 1.82) is 5.41 Å². The van der Waals surface area contributed by atoms with Crippen molar-refractivity contribution in [3.63, 3.8) is 0 Å². The number of hydrogen-bond acceptors (Lipinski definition) is 8. The van der Waals surface area contributed by atoms with E-state index in [-0.39, 0.29) is 33.7 Å². The fraction of sp³-hybridized carbons (Fsp3) is 0.107. The van der Waals surface area contributed by atoms with Crippen LogP contribution in [-0.2, 0) is 0 Å². The minimum Gasteiger partial charge on any atom is -0.504 e. The van der Waals surface area contributed by atoms with Gasteiger partial charge in [0.2, 0.25) is 17.4 Å². The van der Waals surface area contributed by atoms with E-state index in [0.717, 1.165) is 17.9 Å². The summed E-state index contributed by atoms with van der Waals surface area (Å²) in [6.45, 7) is 1.40. The minimum atomic E-state index is -1.33. The van der Waals surface area contributed by atoms with Crippen LogP contribution in [-0.4, -0.2) is 46.8 Å². The van der Waals surface area contributed by atoms with Crippen molar-refractivity contribution < 1.29 is 28.1 Å². The number of nitrogens with two attached hydrogens (primary N) is 1. The first kappa shape index (κ1) is 26.7. The molecule has 0 bridgehead atoms. The number of pyridine rings is 1. The zero-order valence-electron chi connectivity index (χ0n) is 21.0. The zero-order valence-corrected chi connectivity index (χ0v) is 21.7. The molecule has 0 aliphatic carbocycles. The summed E-state index contributed by atoms with van der Waals surface area (Å²) in [5, 5.41) is 18.0. The number of aliphatic imine (C=N–C) groups is 1. The van der Waals surface area contributed by atoms with Crippen LogP contribution < -0.4 is 19.9 Å². The highest BCUT2D eigenvalue weighted by Gasteiger charge is 2.27. The van der Waals surface area contributed by atoms with Crippen molar-refractivity contribution in [1.82, 2.24) is 9.88 Å². The fourth-order valence-corrected chi connectivity index (χ4v) is 4.04. The highest BCUT2D eigenvalue weighted by molar-refractivity contribution is 6.32.